The second kappa shape index (κ2) is 3.57. The van der Waals surface area contributed by atoms with E-state index in [1.54, 1.807) is 0 Å². The molecule has 1 aliphatic rings. The molecule has 16 heavy (non-hydrogen) atoms. The van der Waals surface area contributed by atoms with E-state index in [-0.39, 0.29) is 0 Å². The molecule has 1 fully saturated rings. The number of aromatic nitrogens is 2. The summed E-state index contributed by atoms with van der Waals surface area (Å²) in [7, 11) is 0. The smallest absolute Gasteiger partial charge is 0.145 e. The van der Waals surface area contributed by atoms with Crippen LogP contribution in [0.5, 0.6) is 0 Å². The van der Waals surface area contributed by atoms with Gasteiger partial charge in [-0.25, -0.2) is 4.98 Å². The van der Waals surface area contributed by atoms with Crippen molar-refractivity contribution in [1.82, 2.24) is 14.7 Å². The van der Waals surface area contributed by atoms with Gasteiger partial charge in [-0.05, 0) is 38.1 Å². The van der Waals surface area contributed by atoms with Gasteiger partial charge in [0, 0.05) is 6.20 Å². The Kier molecular flexibility index (Phi) is 2.19. The third-order valence-corrected chi connectivity index (χ3v) is 3.29. The molecule has 4 heteroatoms. The van der Waals surface area contributed by atoms with Crippen LogP contribution in [0.2, 0.25) is 0 Å². The van der Waals surface area contributed by atoms with Crippen LogP contribution < -0.4 is 5.32 Å². The standard InChI is InChI=1S/C12H15N3O/c16-12(4-6-13-7-5-12)11-14-9-10-3-1-2-8-15(10)11/h1-3,8-9,13,16H,4-7H2. The second-order valence-electron chi connectivity index (χ2n) is 4.36. The van der Waals surface area contributed by atoms with Crippen molar-refractivity contribution in [1.29, 1.82) is 0 Å². The van der Waals surface area contributed by atoms with Crippen molar-refractivity contribution in [2.75, 3.05) is 13.1 Å². The lowest BCUT2D eigenvalue weighted by Crippen LogP contribution is -2.41. The molecule has 3 heterocycles. The van der Waals surface area contributed by atoms with Gasteiger partial charge in [0.1, 0.15) is 11.4 Å². The van der Waals surface area contributed by atoms with Crippen molar-refractivity contribution >= 4 is 5.52 Å². The van der Waals surface area contributed by atoms with Crippen molar-refractivity contribution < 1.29 is 5.11 Å². The van der Waals surface area contributed by atoms with E-state index >= 15 is 0 Å². The molecule has 1 saturated heterocycles. The number of aliphatic hydroxyl groups is 1. The molecule has 0 saturated carbocycles. The number of nitrogens with zero attached hydrogens (tertiary/aromatic N) is 2. The molecular formula is C12H15N3O. The molecule has 0 aliphatic carbocycles. The molecule has 2 aromatic heterocycles. The Balaban J connectivity index is 2.11. The van der Waals surface area contributed by atoms with Crippen LogP contribution in [0.15, 0.2) is 30.6 Å². The first-order valence-electron chi connectivity index (χ1n) is 5.65. The lowest BCUT2D eigenvalue weighted by atomic mass is 9.91. The molecule has 0 bridgehead atoms. The highest BCUT2D eigenvalue weighted by Crippen LogP contribution is 2.29. The fraction of sp³-hybridized carbons (Fsp3) is 0.417. The van der Waals surface area contributed by atoms with Crippen LogP contribution >= 0.6 is 0 Å². The predicted octanol–water partition coefficient (Wildman–Crippen LogP) is 0.905. The maximum atomic E-state index is 10.6. The van der Waals surface area contributed by atoms with Gasteiger partial charge in [0.15, 0.2) is 0 Å². The van der Waals surface area contributed by atoms with E-state index < -0.39 is 5.60 Å². The highest BCUT2D eigenvalue weighted by molar-refractivity contribution is 5.46. The van der Waals surface area contributed by atoms with Crippen molar-refractivity contribution in [2.45, 2.75) is 18.4 Å². The summed E-state index contributed by atoms with van der Waals surface area (Å²) in [4.78, 5) is 4.38. The molecule has 0 radical (unpaired) electrons. The summed E-state index contributed by atoms with van der Waals surface area (Å²) >= 11 is 0. The molecule has 0 aromatic carbocycles. The lowest BCUT2D eigenvalue weighted by Gasteiger charge is -2.31. The first-order chi connectivity index (χ1) is 7.80. The Hall–Kier alpha value is -1.39. The number of pyridine rings is 1. The Morgan fingerprint density at radius 2 is 2.12 bits per heavy atom. The predicted molar refractivity (Wildman–Crippen MR) is 61.2 cm³/mol. The van der Waals surface area contributed by atoms with Gasteiger partial charge < -0.3 is 14.8 Å². The largest absolute Gasteiger partial charge is 0.382 e. The van der Waals surface area contributed by atoms with Crippen molar-refractivity contribution in [3.63, 3.8) is 0 Å². The van der Waals surface area contributed by atoms with Crippen LogP contribution in [-0.4, -0.2) is 27.6 Å². The van der Waals surface area contributed by atoms with Gasteiger partial charge in [-0.15, -0.1) is 0 Å². The summed E-state index contributed by atoms with van der Waals surface area (Å²) in [5.41, 5.74) is 0.253. The molecular weight excluding hydrogens is 202 g/mol. The van der Waals surface area contributed by atoms with Gasteiger partial charge in [-0.1, -0.05) is 6.07 Å². The number of rotatable bonds is 1. The van der Waals surface area contributed by atoms with Gasteiger partial charge in [0.2, 0.25) is 0 Å². The average Bonchev–Trinajstić information content (AvgIpc) is 2.74. The molecule has 2 N–H and O–H groups in total. The van der Waals surface area contributed by atoms with Gasteiger partial charge in [0.25, 0.3) is 0 Å². The zero-order valence-electron chi connectivity index (χ0n) is 9.06. The number of hydrogen-bond donors (Lipinski definition) is 2. The summed E-state index contributed by atoms with van der Waals surface area (Å²) in [6, 6.07) is 5.94. The summed E-state index contributed by atoms with van der Waals surface area (Å²) in [6.45, 7) is 1.69. The van der Waals surface area contributed by atoms with Crippen LogP contribution in [0.3, 0.4) is 0 Å². The van der Waals surface area contributed by atoms with Gasteiger partial charge in [-0.3, -0.25) is 0 Å². The van der Waals surface area contributed by atoms with Crippen molar-refractivity contribution in [3.05, 3.63) is 36.4 Å². The zero-order chi connectivity index (χ0) is 11.0. The number of hydrogen-bond acceptors (Lipinski definition) is 3. The Bertz CT molecular complexity index is 500. The van der Waals surface area contributed by atoms with Crippen molar-refractivity contribution in [3.8, 4) is 0 Å². The summed E-state index contributed by atoms with van der Waals surface area (Å²) < 4.78 is 1.98. The van der Waals surface area contributed by atoms with E-state index in [0.717, 1.165) is 37.3 Å². The molecule has 4 nitrogen and oxygen atoms in total. The molecule has 84 valence electrons. The third-order valence-electron chi connectivity index (χ3n) is 3.29. The molecule has 0 spiro atoms. The fourth-order valence-corrected chi connectivity index (χ4v) is 2.35. The number of piperidine rings is 1. The van der Waals surface area contributed by atoms with Crippen LogP contribution in [-0.2, 0) is 5.60 Å². The first-order valence-corrected chi connectivity index (χ1v) is 5.65. The molecule has 1 aliphatic heterocycles. The molecule has 0 amide bonds. The normalized spacial score (nSPS) is 20.1. The van der Waals surface area contributed by atoms with Gasteiger partial charge in [0.05, 0.1) is 11.7 Å². The average molecular weight is 217 g/mol. The fourth-order valence-electron chi connectivity index (χ4n) is 2.35. The maximum absolute atomic E-state index is 10.6. The number of imidazole rings is 1. The van der Waals surface area contributed by atoms with Gasteiger partial charge in [-0.2, -0.15) is 0 Å². The van der Waals surface area contributed by atoms with Crippen LogP contribution in [0.25, 0.3) is 5.52 Å². The lowest BCUT2D eigenvalue weighted by molar-refractivity contribution is -0.00294. The first kappa shape index (κ1) is 9.81. The van der Waals surface area contributed by atoms with Crippen LogP contribution in [0, 0.1) is 0 Å². The highest BCUT2D eigenvalue weighted by Gasteiger charge is 2.34. The minimum Gasteiger partial charge on any atom is -0.382 e. The summed E-state index contributed by atoms with van der Waals surface area (Å²) in [5, 5.41) is 13.9. The highest BCUT2D eigenvalue weighted by atomic mass is 16.3. The van der Waals surface area contributed by atoms with E-state index in [0.29, 0.717) is 0 Å². The van der Waals surface area contributed by atoms with E-state index in [4.69, 9.17) is 0 Å². The molecule has 3 rings (SSSR count). The minimum absolute atomic E-state index is 0.723. The van der Waals surface area contributed by atoms with Gasteiger partial charge >= 0.3 is 0 Å². The van der Waals surface area contributed by atoms with Crippen LogP contribution in [0.1, 0.15) is 18.7 Å². The van der Waals surface area contributed by atoms with E-state index in [1.165, 1.54) is 0 Å². The monoisotopic (exact) mass is 217 g/mol. The summed E-state index contributed by atoms with van der Waals surface area (Å²) in [5.74, 6) is 0.768. The van der Waals surface area contributed by atoms with E-state index in [9.17, 15) is 5.11 Å². The second-order valence-corrected chi connectivity index (χ2v) is 4.36. The van der Waals surface area contributed by atoms with Crippen LogP contribution in [0.4, 0.5) is 0 Å². The Morgan fingerprint density at radius 1 is 1.31 bits per heavy atom. The Morgan fingerprint density at radius 3 is 2.94 bits per heavy atom. The number of nitrogens with one attached hydrogen (secondary N) is 1. The topological polar surface area (TPSA) is 49.6 Å². The Labute approximate surface area is 93.9 Å². The quantitative estimate of drug-likeness (QED) is 0.746. The minimum atomic E-state index is -0.779. The third kappa shape index (κ3) is 1.42. The molecule has 2 aromatic rings. The molecule has 0 unspecified atom stereocenters. The SMILES string of the molecule is OC1(c2ncc3ccccn23)CCNCC1. The van der Waals surface area contributed by atoms with Crippen molar-refractivity contribution in [2.24, 2.45) is 0 Å². The zero-order valence-corrected chi connectivity index (χ0v) is 9.06. The number of fused-ring (bicyclic) bond motifs is 1. The maximum Gasteiger partial charge on any atom is 0.145 e. The van der Waals surface area contributed by atoms with E-state index in [2.05, 4.69) is 10.3 Å². The van der Waals surface area contributed by atoms with E-state index in [1.807, 2.05) is 35.0 Å². The summed E-state index contributed by atoms with van der Waals surface area (Å²) in [6.07, 6.45) is 5.22. The molecule has 0 atom stereocenters.